The van der Waals surface area contributed by atoms with E-state index >= 15 is 0 Å². The van der Waals surface area contributed by atoms with Crippen molar-refractivity contribution in [2.45, 2.75) is 27.7 Å². The van der Waals surface area contributed by atoms with Crippen LogP contribution in [0.1, 0.15) is 38.6 Å². The highest BCUT2D eigenvalue weighted by Gasteiger charge is 2.21. The molecule has 2 heterocycles. The van der Waals surface area contributed by atoms with Crippen LogP contribution < -0.4 is 0 Å². The Kier molecular flexibility index (Phi) is 2.84. The quantitative estimate of drug-likeness (QED) is 0.743. The molecule has 3 nitrogen and oxygen atoms in total. The largest absolute Gasteiger partial charge is 0.466 e. The molecule has 0 saturated carbocycles. The van der Waals surface area contributed by atoms with Gasteiger partial charge in [-0.15, -0.1) is 0 Å². The standard InChI is InChI=1S/C14H15NO2/c1-8-5-6-15-7-12(8)14(16)13-9(2)10(3)17-11(13)4/h5-7H,1-4H3. The number of aryl methyl sites for hydroxylation is 3. The van der Waals surface area contributed by atoms with E-state index in [1.807, 2.05) is 33.8 Å². The highest BCUT2D eigenvalue weighted by Crippen LogP contribution is 2.24. The number of furan rings is 1. The maximum absolute atomic E-state index is 12.4. The molecule has 0 amide bonds. The monoisotopic (exact) mass is 229 g/mol. The molecule has 0 saturated heterocycles. The summed E-state index contributed by atoms with van der Waals surface area (Å²) >= 11 is 0. The summed E-state index contributed by atoms with van der Waals surface area (Å²) in [4.78, 5) is 16.4. The van der Waals surface area contributed by atoms with E-state index in [1.54, 1.807) is 12.4 Å². The summed E-state index contributed by atoms with van der Waals surface area (Å²) in [5.74, 6) is 1.46. The summed E-state index contributed by atoms with van der Waals surface area (Å²) < 4.78 is 5.49. The molecular weight excluding hydrogens is 214 g/mol. The predicted octanol–water partition coefficient (Wildman–Crippen LogP) is 3.14. The summed E-state index contributed by atoms with van der Waals surface area (Å²) in [6.07, 6.45) is 3.30. The van der Waals surface area contributed by atoms with Gasteiger partial charge in [-0.1, -0.05) is 0 Å². The zero-order valence-electron chi connectivity index (χ0n) is 10.5. The lowest BCUT2D eigenvalue weighted by atomic mass is 9.98. The molecule has 3 heteroatoms. The van der Waals surface area contributed by atoms with E-state index in [2.05, 4.69) is 4.98 Å². The Balaban J connectivity index is 2.55. The molecule has 0 N–H and O–H groups in total. The van der Waals surface area contributed by atoms with Crippen LogP contribution in [0.15, 0.2) is 22.9 Å². The normalized spacial score (nSPS) is 10.6. The van der Waals surface area contributed by atoms with Gasteiger partial charge in [0.25, 0.3) is 0 Å². The average Bonchev–Trinajstić information content (AvgIpc) is 2.53. The number of aromatic nitrogens is 1. The summed E-state index contributed by atoms with van der Waals surface area (Å²) in [6.45, 7) is 7.51. The zero-order valence-corrected chi connectivity index (χ0v) is 10.5. The number of carbonyl (C=O) groups is 1. The van der Waals surface area contributed by atoms with Crippen molar-refractivity contribution in [3.8, 4) is 0 Å². The molecule has 0 radical (unpaired) electrons. The second-order valence-electron chi connectivity index (χ2n) is 4.23. The van der Waals surface area contributed by atoms with E-state index in [-0.39, 0.29) is 5.78 Å². The predicted molar refractivity (Wildman–Crippen MR) is 65.3 cm³/mol. The van der Waals surface area contributed by atoms with Crippen molar-refractivity contribution in [1.82, 2.24) is 4.98 Å². The zero-order chi connectivity index (χ0) is 12.6. The van der Waals surface area contributed by atoms with Crippen LogP contribution >= 0.6 is 0 Å². The maximum atomic E-state index is 12.4. The molecule has 0 aliphatic heterocycles. The van der Waals surface area contributed by atoms with Crippen molar-refractivity contribution in [2.75, 3.05) is 0 Å². The van der Waals surface area contributed by atoms with Crippen molar-refractivity contribution >= 4 is 5.78 Å². The van der Waals surface area contributed by atoms with Gasteiger partial charge in [-0.2, -0.15) is 0 Å². The fraction of sp³-hybridized carbons (Fsp3) is 0.286. The van der Waals surface area contributed by atoms with E-state index in [4.69, 9.17) is 4.42 Å². The smallest absolute Gasteiger partial charge is 0.198 e. The van der Waals surface area contributed by atoms with Crippen LogP contribution in [0.25, 0.3) is 0 Å². The van der Waals surface area contributed by atoms with Gasteiger partial charge in [0.1, 0.15) is 11.5 Å². The second kappa shape index (κ2) is 4.17. The number of nitrogens with zero attached hydrogens (tertiary/aromatic N) is 1. The van der Waals surface area contributed by atoms with Gasteiger partial charge >= 0.3 is 0 Å². The first-order valence-corrected chi connectivity index (χ1v) is 5.54. The Morgan fingerprint density at radius 3 is 2.41 bits per heavy atom. The highest BCUT2D eigenvalue weighted by atomic mass is 16.3. The van der Waals surface area contributed by atoms with Crippen molar-refractivity contribution in [3.05, 3.63) is 52.2 Å². The molecule has 17 heavy (non-hydrogen) atoms. The molecule has 0 spiro atoms. The molecule has 0 aromatic carbocycles. The van der Waals surface area contributed by atoms with Gasteiger partial charge in [0.15, 0.2) is 5.78 Å². The third kappa shape index (κ3) is 1.88. The fourth-order valence-corrected chi connectivity index (χ4v) is 1.96. The minimum absolute atomic E-state index is 0.0116. The number of ketones is 1. The van der Waals surface area contributed by atoms with Gasteiger partial charge in [0.05, 0.1) is 5.56 Å². The molecule has 0 aliphatic rings. The van der Waals surface area contributed by atoms with Crippen molar-refractivity contribution in [2.24, 2.45) is 0 Å². The molecule has 0 bridgehead atoms. The number of carbonyl (C=O) groups excluding carboxylic acids is 1. The second-order valence-corrected chi connectivity index (χ2v) is 4.23. The Morgan fingerprint density at radius 1 is 1.18 bits per heavy atom. The van der Waals surface area contributed by atoms with Crippen LogP contribution in [0.5, 0.6) is 0 Å². The average molecular weight is 229 g/mol. The number of pyridine rings is 1. The molecule has 2 aromatic heterocycles. The summed E-state index contributed by atoms with van der Waals surface area (Å²) in [6, 6.07) is 1.84. The molecule has 2 aromatic rings. The summed E-state index contributed by atoms with van der Waals surface area (Å²) in [5.41, 5.74) is 3.15. The third-order valence-electron chi connectivity index (χ3n) is 3.07. The number of rotatable bonds is 2. The van der Waals surface area contributed by atoms with Gasteiger partial charge in [-0.05, 0) is 39.3 Å². The first kappa shape index (κ1) is 11.6. The molecule has 88 valence electrons. The highest BCUT2D eigenvalue weighted by molar-refractivity contribution is 6.11. The number of hydrogen-bond donors (Lipinski definition) is 0. The first-order valence-electron chi connectivity index (χ1n) is 5.54. The van der Waals surface area contributed by atoms with Gasteiger partial charge in [0.2, 0.25) is 0 Å². The third-order valence-corrected chi connectivity index (χ3v) is 3.07. The van der Waals surface area contributed by atoms with Crippen LogP contribution in [0.2, 0.25) is 0 Å². The Morgan fingerprint density at radius 2 is 1.88 bits per heavy atom. The van der Waals surface area contributed by atoms with E-state index in [1.165, 1.54) is 0 Å². The van der Waals surface area contributed by atoms with Crippen LogP contribution in [0, 0.1) is 27.7 Å². The van der Waals surface area contributed by atoms with E-state index in [0.29, 0.717) is 16.9 Å². The number of hydrogen-bond acceptors (Lipinski definition) is 3. The minimum Gasteiger partial charge on any atom is -0.466 e. The van der Waals surface area contributed by atoms with Gasteiger partial charge in [-0.3, -0.25) is 9.78 Å². The molecule has 2 rings (SSSR count). The maximum Gasteiger partial charge on any atom is 0.198 e. The minimum atomic E-state index is -0.0116. The molecule has 0 aliphatic carbocycles. The van der Waals surface area contributed by atoms with Gasteiger partial charge < -0.3 is 4.42 Å². The Hall–Kier alpha value is -1.90. The Labute approximate surface area is 100 Å². The van der Waals surface area contributed by atoms with E-state index in [0.717, 1.165) is 16.9 Å². The Bertz CT molecular complexity index is 582. The van der Waals surface area contributed by atoms with Crippen LogP contribution in [0.3, 0.4) is 0 Å². The lowest BCUT2D eigenvalue weighted by Crippen LogP contribution is -2.06. The SMILES string of the molecule is Cc1ccncc1C(=O)c1c(C)oc(C)c1C. The summed E-state index contributed by atoms with van der Waals surface area (Å²) in [7, 11) is 0. The van der Waals surface area contributed by atoms with E-state index < -0.39 is 0 Å². The fourth-order valence-electron chi connectivity index (χ4n) is 1.96. The van der Waals surface area contributed by atoms with Crippen LogP contribution in [-0.2, 0) is 0 Å². The molecule has 0 atom stereocenters. The molecule has 0 unspecified atom stereocenters. The van der Waals surface area contributed by atoms with Crippen LogP contribution in [-0.4, -0.2) is 10.8 Å². The van der Waals surface area contributed by atoms with Gasteiger partial charge in [0, 0.05) is 23.5 Å². The van der Waals surface area contributed by atoms with Crippen molar-refractivity contribution in [1.29, 1.82) is 0 Å². The van der Waals surface area contributed by atoms with E-state index in [9.17, 15) is 4.79 Å². The van der Waals surface area contributed by atoms with Crippen LogP contribution in [0.4, 0.5) is 0 Å². The van der Waals surface area contributed by atoms with Crippen molar-refractivity contribution < 1.29 is 9.21 Å². The lowest BCUT2D eigenvalue weighted by molar-refractivity contribution is 0.103. The van der Waals surface area contributed by atoms with Gasteiger partial charge in [-0.25, -0.2) is 0 Å². The molecule has 0 fully saturated rings. The van der Waals surface area contributed by atoms with Crippen molar-refractivity contribution in [3.63, 3.8) is 0 Å². The first-order chi connectivity index (χ1) is 8.02. The topological polar surface area (TPSA) is 43.1 Å². The lowest BCUT2D eigenvalue weighted by Gasteiger charge is -2.03. The summed E-state index contributed by atoms with van der Waals surface area (Å²) in [5, 5.41) is 0. The molecular formula is C14H15NO2.